The van der Waals surface area contributed by atoms with Crippen LogP contribution in [0, 0.1) is 12.3 Å². The fourth-order valence-electron chi connectivity index (χ4n) is 1.64. The summed E-state index contributed by atoms with van der Waals surface area (Å²) in [6.45, 7) is 2.63. The molecule has 0 heterocycles. The van der Waals surface area contributed by atoms with Crippen LogP contribution in [0.2, 0.25) is 0 Å². The number of nitrogens with one attached hydrogen (secondary N) is 2. The molecule has 2 amide bonds. The van der Waals surface area contributed by atoms with E-state index in [2.05, 4.69) is 16.6 Å². The second-order valence-electron chi connectivity index (χ2n) is 4.84. The summed E-state index contributed by atoms with van der Waals surface area (Å²) in [6.07, 6.45) is 10.0. The molecule has 0 aromatic carbocycles. The molecule has 0 aliphatic heterocycles. The van der Waals surface area contributed by atoms with Crippen LogP contribution >= 0.6 is 0 Å². The van der Waals surface area contributed by atoms with E-state index in [1.165, 1.54) is 0 Å². The van der Waals surface area contributed by atoms with Crippen molar-refractivity contribution in [2.75, 3.05) is 26.2 Å². The summed E-state index contributed by atoms with van der Waals surface area (Å²) >= 11 is 0. The van der Waals surface area contributed by atoms with E-state index >= 15 is 0 Å². The summed E-state index contributed by atoms with van der Waals surface area (Å²) in [5.41, 5.74) is 5.25. The maximum Gasteiger partial charge on any atom is 0.246 e. The summed E-state index contributed by atoms with van der Waals surface area (Å²) < 4.78 is 5.42. The van der Waals surface area contributed by atoms with E-state index in [1.54, 1.807) is 0 Å². The lowest BCUT2D eigenvalue weighted by molar-refractivity contribution is -0.130. The van der Waals surface area contributed by atoms with Gasteiger partial charge in [0.2, 0.25) is 11.8 Å². The molecule has 1 atom stereocenters. The summed E-state index contributed by atoms with van der Waals surface area (Å²) in [5, 5.41) is 5.06. The second-order valence-corrected chi connectivity index (χ2v) is 4.84. The summed E-state index contributed by atoms with van der Waals surface area (Å²) in [6, 6.07) is 0. The first-order valence-electron chi connectivity index (χ1n) is 7.38. The van der Waals surface area contributed by atoms with Crippen molar-refractivity contribution in [2.24, 2.45) is 5.73 Å². The quantitative estimate of drug-likeness (QED) is 0.353. The predicted octanol–water partition coefficient (Wildman–Crippen LogP) is 0.166. The monoisotopic (exact) mass is 297 g/mol. The summed E-state index contributed by atoms with van der Waals surface area (Å²) in [7, 11) is 0. The number of amides is 2. The molecule has 0 aromatic rings. The first-order valence-corrected chi connectivity index (χ1v) is 7.38. The Morgan fingerprint density at radius 1 is 1.24 bits per heavy atom. The van der Waals surface area contributed by atoms with E-state index in [1.807, 2.05) is 6.92 Å². The molecule has 0 spiro atoms. The Morgan fingerprint density at radius 2 is 2.00 bits per heavy atom. The predicted molar refractivity (Wildman–Crippen MR) is 82.4 cm³/mol. The Balaban J connectivity index is 3.54. The molecule has 0 saturated carbocycles. The van der Waals surface area contributed by atoms with Gasteiger partial charge in [0.25, 0.3) is 0 Å². The number of carbonyl (C=O) groups excluding carboxylic acids is 2. The van der Waals surface area contributed by atoms with Gasteiger partial charge in [0.1, 0.15) is 6.61 Å². The highest BCUT2D eigenvalue weighted by Gasteiger charge is 2.08. The van der Waals surface area contributed by atoms with Crippen LogP contribution < -0.4 is 16.4 Å². The van der Waals surface area contributed by atoms with Crippen molar-refractivity contribution in [3.05, 3.63) is 0 Å². The largest absolute Gasteiger partial charge is 0.369 e. The van der Waals surface area contributed by atoms with Crippen LogP contribution in [0.15, 0.2) is 0 Å². The Kier molecular flexibility index (Phi) is 12.4. The van der Waals surface area contributed by atoms with E-state index < -0.39 is 0 Å². The highest BCUT2D eigenvalue weighted by Crippen LogP contribution is 2.07. The molecule has 0 radical (unpaired) electrons. The zero-order valence-corrected chi connectivity index (χ0v) is 12.8. The van der Waals surface area contributed by atoms with Gasteiger partial charge in [-0.2, -0.15) is 0 Å². The average Bonchev–Trinajstić information content (AvgIpc) is 2.48. The molecule has 0 fully saturated rings. The van der Waals surface area contributed by atoms with Crippen LogP contribution in [-0.4, -0.2) is 44.2 Å². The molecule has 0 bridgehead atoms. The van der Waals surface area contributed by atoms with Crippen LogP contribution in [0.3, 0.4) is 0 Å². The standard InChI is InChI=1S/C15H27N3O3/c1-3-4-5-6-7-8-13(2)21-12-15(20)18-11-14(19)17-10-9-16/h1,13H,4-12,16H2,2H3,(H,17,19)(H,18,20). The van der Waals surface area contributed by atoms with Gasteiger partial charge in [-0.1, -0.05) is 12.8 Å². The minimum atomic E-state index is -0.294. The number of terminal acetylenes is 1. The van der Waals surface area contributed by atoms with Gasteiger partial charge in [-0.25, -0.2) is 0 Å². The summed E-state index contributed by atoms with van der Waals surface area (Å²) in [4.78, 5) is 22.7. The van der Waals surface area contributed by atoms with Gasteiger partial charge in [0.15, 0.2) is 0 Å². The molecule has 21 heavy (non-hydrogen) atoms. The normalized spacial score (nSPS) is 11.5. The van der Waals surface area contributed by atoms with Crippen molar-refractivity contribution < 1.29 is 14.3 Å². The third-order valence-corrected chi connectivity index (χ3v) is 2.84. The highest BCUT2D eigenvalue weighted by atomic mass is 16.5. The van der Waals surface area contributed by atoms with Gasteiger partial charge in [-0.15, -0.1) is 12.3 Å². The van der Waals surface area contributed by atoms with Crippen molar-refractivity contribution in [3.63, 3.8) is 0 Å². The third-order valence-electron chi connectivity index (χ3n) is 2.84. The Hall–Kier alpha value is -1.58. The van der Waals surface area contributed by atoms with Crippen molar-refractivity contribution in [3.8, 4) is 12.3 Å². The zero-order chi connectivity index (χ0) is 15.9. The Morgan fingerprint density at radius 3 is 2.67 bits per heavy atom. The topological polar surface area (TPSA) is 93.4 Å². The minimum absolute atomic E-state index is 0.0210. The molecule has 0 rings (SSSR count). The first-order chi connectivity index (χ1) is 10.1. The van der Waals surface area contributed by atoms with Crippen molar-refractivity contribution in [1.29, 1.82) is 0 Å². The van der Waals surface area contributed by atoms with Gasteiger partial charge in [-0.3, -0.25) is 9.59 Å². The molecular formula is C15H27N3O3. The number of rotatable bonds is 12. The van der Waals surface area contributed by atoms with Crippen LogP contribution in [0.1, 0.15) is 39.0 Å². The van der Waals surface area contributed by atoms with Crippen molar-refractivity contribution >= 4 is 11.8 Å². The van der Waals surface area contributed by atoms with E-state index in [4.69, 9.17) is 16.9 Å². The molecule has 0 saturated heterocycles. The van der Waals surface area contributed by atoms with Gasteiger partial charge < -0.3 is 21.1 Å². The lowest BCUT2D eigenvalue weighted by Crippen LogP contribution is -2.40. The van der Waals surface area contributed by atoms with Crippen LogP contribution in [-0.2, 0) is 14.3 Å². The molecule has 1 unspecified atom stereocenters. The minimum Gasteiger partial charge on any atom is -0.369 e. The van der Waals surface area contributed by atoms with Crippen molar-refractivity contribution in [1.82, 2.24) is 10.6 Å². The van der Waals surface area contributed by atoms with Gasteiger partial charge >= 0.3 is 0 Å². The molecule has 6 nitrogen and oxygen atoms in total. The lowest BCUT2D eigenvalue weighted by atomic mass is 10.1. The molecule has 0 aromatic heterocycles. The lowest BCUT2D eigenvalue weighted by Gasteiger charge is -2.12. The Bertz CT molecular complexity index is 340. The molecule has 4 N–H and O–H groups in total. The highest BCUT2D eigenvalue weighted by molar-refractivity contribution is 5.85. The van der Waals surface area contributed by atoms with Gasteiger partial charge in [0, 0.05) is 19.5 Å². The summed E-state index contributed by atoms with van der Waals surface area (Å²) in [5.74, 6) is 2.06. The smallest absolute Gasteiger partial charge is 0.246 e. The SMILES string of the molecule is C#CCCCCCC(C)OCC(=O)NCC(=O)NCCN. The molecular weight excluding hydrogens is 270 g/mol. The van der Waals surface area contributed by atoms with Crippen LogP contribution in [0.4, 0.5) is 0 Å². The Labute approximate surface area is 127 Å². The number of hydrogen-bond donors (Lipinski definition) is 3. The van der Waals surface area contributed by atoms with E-state index in [9.17, 15) is 9.59 Å². The third kappa shape index (κ3) is 13.2. The molecule has 120 valence electrons. The molecule has 0 aliphatic rings. The van der Waals surface area contributed by atoms with Gasteiger partial charge in [0.05, 0.1) is 12.6 Å². The maximum atomic E-state index is 11.5. The number of carbonyl (C=O) groups is 2. The average molecular weight is 297 g/mol. The van der Waals surface area contributed by atoms with E-state index in [0.717, 1.165) is 32.1 Å². The number of nitrogens with two attached hydrogens (primary N) is 1. The van der Waals surface area contributed by atoms with Crippen LogP contribution in [0.25, 0.3) is 0 Å². The molecule has 6 heteroatoms. The van der Waals surface area contributed by atoms with Crippen molar-refractivity contribution in [2.45, 2.75) is 45.1 Å². The number of ether oxygens (including phenoxy) is 1. The fourth-order valence-corrected chi connectivity index (χ4v) is 1.64. The van der Waals surface area contributed by atoms with Gasteiger partial charge in [-0.05, 0) is 19.8 Å². The molecule has 0 aliphatic carbocycles. The first kappa shape index (κ1) is 19.4. The van der Waals surface area contributed by atoms with E-state index in [-0.39, 0.29) is 31.1 Å². The van der Waals surface area contributed by atoms with Crippen LogP contribution in [0.5, 0.6) is 0 Å². The number of hydrogen-bond acceptors (Lipinski definition) is 4. The zero-order valence-electron chi connectivity index (χ0n) is 12.8. The number of unbranched alkanes of at least 4 members (excludes halogenated alkanes) is 3. The fraction of sp³-hybridized carbons (Fsp3) is 0.733. The van der Waals surface area contributed by atoms with E-state index in [0.29, 0.717) is 13.1 Å². The maximum absolute atomic E-state index is 11.5. The second kappa shape index (κ2) is 13.4.